The molecule has 4 aliphatic rings. The van der Waals surface area contributed by atoms with Crippen LogP contribution in [-0.2, 0) is 10.3 Å². The van der Waals surface area contributed by atoms with Gasteiger partial charge in [-0.1, -0.05) is 30.5 Å². The van der Waals surface area contributed by atoms with Crippen LogP contribution in [-0.4, -0.2) is 40.1 Å². The average Bonchev–Trinajstić information content (AvgIpc) is 3.55. The van der Waals surface area contributed by atoms with E-state index in [1.165, 1.54) is 23.8 Å². The molecule has 3 aliphatic carbocycles. The van der Waals surface area contributed by atoms with Crippen molar-refractivity contribution in [1.29, 1.82) is 0 Å². The minimum Gasteiger partial charge on any atom is -0.492 e. The molecule has 0 bridgehead atoms. The molecule has 0 radical (unpaired) electrons. The van der Waals surface area contributed by atoms with E-state index in [0.717, 1.165) is 12.3 Å². The molecular weight excluding hydrogens is 478 g/mol. The Hall–Kier alpha value is -2.61. The average molecular weight is 507 g/mol. The first kappa shape index (κ1) is 24.1. The number of urea groups is 1. The van der Waals surface area contributed by atoms with Gasteiger partial charge in [0.1, 0.15) is 5.75 Å². The number of carbonyl (C=O) groups is 2. The highest BCUT2D eigenvalue weighted by Crippen LogP contribution is 2.53. The molecule has 0 saturated heterocycles. The first-order valence-electron chi connectivity index (χ1n) is 12.0. The van der Waals surface area contributed by atoms with Gasteiger partial charge in [0.15, 0.2) is 0 Å². The van der Waals surface area contributed by atoms with Crippen LogP contribution in [0.4, 0.5) is 13.6 Å². The lowest BCUT2D eigenvalue weighted by molar-refractivity contribution is -0.133. The summed E-state index contributed by atoms with van der Waals surface area (Å²) in [5.74, 6) is -2.91. The summed E-state index contributed by atoms with van der Waals surface area (Å²) in [6, 6.07) is 4.87. The first-order valence-corrected chi connectivity index (χ1v) is 12.4. The zero-order valence-electron chi connectivity index (χ0n) is 19.7. The van der Waals surface area contributed by atoms with E-state index in [4.69, 9.17) is 16.3 Å². The number of ether oxygens (including phenoxy) is 1. The van der Waals surface area contributed by atoms with Crippen LogP contribution >= 0.6 is 11.6 Å². The molecule has 2 N–H and O–H groups in total. The predicted octanol–water partition coefficient (Wildman–Crippen LogP) is 5.86. The molecule has 2 fully saturated rings. The van der Waals surface area contributed by atoms with Crippen LogP contribution in [0, 0.1) is 11.8 Å². The standard InChI is InChI=1S/C26H29ClF2N2O4/c1-24(10-17(11-24)22(32)33)31-14-19(16-12-26(28,29)13-16)25(2,30-23(31)34)18-5-6-21(20(27)9-18)35-8-7-15-3-4-15/h5-6,9-10,14-16H,3-4,7-8,11-13H2,1-2H3,(H,30,34)(H,32,33)/t24?,25-/m0/s1. The fraction of sp³-hybridized carbons (Fsp3) is 0.538. The van der Waals surface area contributed by atoms with E-state index in [9.17, 15) is 23.5 Å². The molecule has 1 heterocycles. The van der Waals surface area contributed by atoms with E-state index in [-0.39, 0.29) is 24.8 Å². The van der Waals surface area contributed by atoms with Crippen LogP contribution < -0.4 is 10.1 Å². The third-order valence-corrected chi connectivity index (χ3v) is 8.09. The lowest BCUT2D eigenvalue weighted by Gasteiger charge is -2.52. The van der Waals surface area contributed by atoms with Crippen LogP contribution in [0.25, 0.3) is 0 Å². The first-order chi connectivity index (χ1) is 16.4. The molecule has 35 heavy (non-hydrogen) atoms. The topological polar surface area (TPSA) is 78.9 Å². The van der Waals surface area contributed by atoms with Crippen molar-refractivity contribution in [2.24, 2.45) is 11.8 Å². The highest BCUT2D eigenvalue weighted by atomic mass is 35.5. The molecule has 5 rings (SSSR count). The number of nitrogens with one attached hydrogen (secondary N) is 1. The van der Waals surface area contributed by atoms with E-state index in [1.807, 2.05) is 6.07 Å². The predicted molar refractivity (Wildman–Crippen MR) is 127 cm³/mol. The van der Waals surface area contributed by atoms with Crippen LogP contribution in [0.2, 0.25) is 5.02 Å². The quantitative estimate of drug-likeness (QED) is 0.462. The largest absolute Gasteiger partial charge is 0.492 e. The number of carbonyl (C=O) groups excluding carboxylic acids is 1. The van der Waals surface area contributed by atoms with Crippen molar-refractivity contribution in [2.45, 2.75) is 69.4 Å². The van der Waals surface area contributed by atoms with Gasteiger partial charge in [0, 0.05) is 31.0 Å². The van der Waals surface area contributed by atoms with Crippen molar-refractivity contribution in [1.82, 2.24) is 10.2 Å². The van der Waals surface area contributed by atoms with Gasteiger partial charge in [0.2, 0.25) is 5.92 Å². The Morgan fingerprint density at radius 1 is 1.29 bits per heavy atom. The molecule has 2 amide bonds. The molecule has 2 saturated carbocycles. The van der Waals surface area contributed by atoms with Gasteiger partial charge in [0.25, 0.3) is 0 Å². The number of benzene rings is 1. The molecule has 1 unspecified atom stereocenters. The van der Waals surface area contributed by atoms with E-state index < -0.39 is 34.9 Å². The lowest BCUT2D eigenvalue weighted by atomic mass is 9.67. The normalized spacial score (nSPS) is 30.0. The summed E-state index contributed by atoms with van der Waals surface area (Å²) in [5.41, 5.74) is -0.340. The van der Waals surface area contributed by atoms with Crippen molar-refractivity contribution in [3.63, 3.8) is 0 Å². The Kier molecular flexibility index (Phi) is 5.66. The SMILES string of the molecule is CC1(N2C=C(C3CC(F)(F)C3)[C@](C)(c3ccc(OCCC4CC4)c(Cl)c3)NC2=O)C=C(C(=O)O)C1. The fourth-order valence-corrected chi connectivity index (χ4v) is 5.62. The molecular formula is C26H29ClF2N2O4. The minimum atomic E-state index is -2.74. The van der Waals surface area contributed by atoms with E-state index in [1.54, 1.807) is 32.2 Å². The van der Waals surface area contributed by atoms with Gasteiger partial charge in [-0.05, 0) is 61.4 Å². The maximum atomic E-state index is 13.9. The Labute approximate surface area is 208 Å². The molecule has 1 aliphatic heterocycles. The summed E-state index contributed by atoms with van der Waals surface area (Å²) in [7, 11) is 0. The van der Waals surface area contributed by atoms with E-state index in [2.05, 4.69) is 5.32 Å². The monoisotopic (exact) mass is 506 g/mol. The molecule has 6 nitrogen and oxygen atoms in total. The second-order valence-corrected chi connectivity index (χ2v) is 11.1. The number of hydrogen-bond acceptors (Lipinski definition) is 3. The molecule has 1 aromatic rings. The number of hydrogen-bond donors (Lipinski definition) is 2. The Balaban J connectivity index is 1.45. The van der Waals surface area contributed by atoms with Crippen molar-refractivity contribution in [3.8, 4) is 5.75 Å². The lowest BCUT2D eigenvalue weighted by Crippen LogP contribution is -2.62. The van der Waals surface area contributed by atoms with Crippen molar-refractivity contribution >= 4 is 23.6 Å². The Morgan fingerprint density at radius 3 is 2.54 bits per heavy atom. The summed E-state index contributed by atoms with van der Waals surface area (Å²) in [6.07, 6.45) is 6.21. The number of aliphatic carboxylic acids is 1. The van der Waals surface area contributed by atoms with Crippen molar-refractivity contribution < 1.29 is 28.2 Å². The van der Waals surface area contributed by atoms with Crippen LogP contribution in [0.15, 0.2) is 41.6 Å². The van der Waals surface area contributed by atoms with Crippen LogP contribution in [0.1, 0.15) is 57.9 Å². The van der Waals surface area contributed by atoms with Crippen LogP contribution in [0.3, 0.4) is 0 Å². The summed E-state index contributed by atoms with van der Waals surface area (Å²) in [6.45, 7) is 4.14. The second kappa shape index (κ2) is 8.22. The summed E-state index contributed by atoms with van der Waals surface area (Å²) in [5, 5.41) is 12.6. The molecule has 9 heteroatoms. The number of carboxylic acids is 1. The second-order valence-electron chi connectivity index (χ2n) is 10.7. The van der Waals surface area contributed by atoms with Crippen molar-refractivity contribution in [3.05, 3.63) is 52.2 Å². The summed E-state index contributed by atoms with van der Waals surface area (Å²) >= 11 is 6.53. The van der Waals surface area contributed by atoms with Crippen LogP contribution in [0.5, 0.6) is 5.75 Å². The third-order valence-electron chi connectivity index (χ3n) is 7.80. The van der Waals surface area contributed by atoms with Gasteiger partial charge in [-0.3, -0.25) is 4.90 Å². The number of nitrogens with zero attached hydrogens (tertiary/aromatic N) is 1. The highest BCUT2D eigenvalue weighted by Gasteiger charge is 2.54. The summed E-state index contributed by atoms with van der Waals surface area (Å²) < 4.78 is 33.6. The molecule has 188 valence electrons. The number of alkyl halides is 2. The fourth-order valence-electron chi connectivity index (χ4n) is 5.38. The highest BCUT2D eigenvalue weighted by molar-refractivity contribution is 6.32. The number of rotatable bonds is 8. The molecule has 1 aromatic carbocycles. The number of carboxylic acid groups (broad SMARTS) is 1. The smallest absolute Gasteiger partial charge is 0.331 e. The van der Waals surface area contributed by atoms with Gasteiger partial charge in [-0.25, -0.2) is 18.4 Å². The summed E-state index contributed by atoms with van der Waals surface area (Å²) in [4.78, 5) is 26.0. The van der Waals surface area contributed by atoms with Gasteiger partial charge >= 0.3 is 12.0 Å². The van der Waals surface area contributed by atoms with E-state index in [0.29, 0.717) is 28.5 Å². The van der Waals surface area contributed by atoms with E-state index >= 15 is 0 Å². The maximum Gasteiger partial charge on any atom is 0.331 e. The van der Waals surface area contributed by atoms with Gasteiger partial charge < -0.3 is 15.2 Å². The van der Waals surface area contributed by atoms with Crippen molar-refractivity contribution in [2.75, 3.05) is 6.61 Å². The molecule has 0 aromatic heterocycles. The Morgan fingerprint density at radius 2 is 1.97 bits per heavy atom. The Bertz CT molecular complexity index is 1140. The zero-order chi connectivity index (χ0) is 25.2. The van der Waals surface area contributed by atoms with Gasteiger partial charge in [0.05, 0.1) is 22.7 Å². The molecule has 2 atom stereocenters. The maximum absolute atomic E-state index is 13.9. The zero-order valence-corrected chi connectivity index (χ0v) is 20.5. The number of amides is 2. The molecule has 0 spiro atoms. The third kappa shape index (κ3) is 4.41. The van der Waals surface area contributed by atoms with Gasteiger partial charge in [-0.2, -0.15) is 0 Å². The minimum absolute atomic E-state index is 0.176. The van der Waals surface area contributed by atoms with Gasteiger partial charge in [-0.15, -0.1) is 0 Å². The number of halogens is 3.